The molecule has 0 amide bonds. The van der Waals surface area contributed by atoms with Gasteiger partial charge in [-0.1, -0.05) is 26.7 Å². The zero-order valence-corrected chi connectivity index (χ0v) is 13.0. The van der Waals surface area contributed by atoms with E-state index in [1.807, 2.05) is 0 Å². The summed E-state index contributed by atoms with van der Waals surface area (Å²) in [6.07, 6.45) is 4.03. The molecule has 114 valence electrons. The molecule has 0 bridgehead atoms. The monoisotopic (exact) mass is 301 g/mol. The number of aryl methyl sites for hydroxylation is 1. The summed E-state index contributed by atoms with van der Waals surface area (Å²) in [5.74, 6) is 0. The molecule has 1 aliphatic carbocycles. The van der Waals surface area contributed by atoms with Crippen molar-refractivity contribution in [2.75, 3.05) is 0 Å². The van der Waals surface area contributed by atoms with Crippen LogP contribution in [0.5, 0.6) is 0 Å². The zero-order chi connectivity index (χ0) is 15.0. The van der Waals surface area contributed by atoms with Gasteiger partial charge in [0.25, 0.3) is 0 Å². The second-order valence-corrected chi connectivity index (χ2v) is 7.84. The van der Waals surface area contributed by atoms with Gasteiger partial charge in [-0.25, -0.2) is 13.1 Å². The van der Waals surface area contributed by atoms with Crippen molar-refractivity contribution in [1.29, 1.82) is 0 Å². The summed E-state index contributed by atoms with van der Waals surface area (Å²) in [5.41, 5.74) is 0.571. The Morgan fingerprint density at radius 3 is 2.75 bits per heavy atom. The van der Waals surface area contributed by atoms with Gasteiger partial charge in [-0.3, -0.25) is 5.10 Å². The van der Waals surface area contributed by atoms with Gasteiger partial charge in [0.15, 0.2) is 0 Å². The number of aromatic nitrogens is 2. The Morgan fingerprint density at radius 2 is 2.15 bits per heavy atom. The highest BCUT2D eigenvalue weighted by atomic mass is 32.2. The SMILES string of the molecule is Cc1[nH]nc(CO)c1S(=O)(=O)NC1CCCCC1(C)C. The van der Waals surface area contributed by atoms with E-state index in [0.717, 1.165) is 25.7 Å². The van der Waals surface area contributed by atoms with Crippen molar-refractivity contribution in [3.63, 3.8) is 0 Å². The molecule has 1 aromatic rings. The Labute approximate surface area is 120 Å². The van der Waals surface area contributed by atoms with E-state index in [1.165, 1.54) is 0 Å². The molecule has 2 rings (SSSR count). The molecule has 3 N–H and O–H groups in total. The summed E-state index contributed by atoms with van der Waals surface area (Å²) in [5, 5.41) is 15.7. The lowest BCUT2D eigenvalue weighted by molar-refractivity contribution is 0.188. The number of rotatable bonds is 4. The van der Waals surface area contributed by atoms with E-state index in [-0.39, 0.29) is 22.0 Å². The lowest BCUT2D eigenvalue weighted by atomic mass is 9.74. The molecule has 1 aromatic heterocycles. The first-order chi connectivity index (χ1) is 9.28. The number of aliphatic hydroxyl groups excluding tert-OH is 1. The smallest absolute Gasteiger partial charge is 0.244 e. The predicted octanol–water partition coefficient (Wildman–Crippen LogP) is 1.46. The first-order valence-electron chi connectivity index (χ1n) is 6.95. The summed E-state index contributed by atoms with van der Waals surface area (Å²) in [6, 6.07) is -0.0814. The second kappa shape index (κ2) is 5.46. The summed E-state index contributed by atoms with van der Waals surface area (Å²) < 4.78 is 27.9. The Morgan fingerprint density at radius 1 is 1.45 bits per heavy atom. The van der Waals surface area contributed by atoms with Crippen molar-refractivity contribution in [3.8, 4) is 0 Å². The summed E-state index contributed by atoms with van der Waals surface area (Å²) in [6.45, 7) is 5.43. The number of aliphatic hydroxyl groups is 1. The third kappa shape index (κ3) is 2.89. The average molecular weight is 301 g/mol. The molecular weight excluding hydrogens is 278 g/mol. The molecule has 0 spiro atoms. The van der Waals surface area contributed by atoms with Crippen LogP contribution in [0, 0.1) is 12.3 Å². The first kappa shape index (κ1) is 15.5. The highest BCUT2D eigenvalue weighted by Gasteiger charge is 2.36. The third-order valence-corrected chi connectivity index (χ3v) is 5.86. The van der Waals surface area contributed by atoms with Crippen LogP contribution in [0.2, 0.25) is 0 Å². The number of sulfonamides is 1. The Hall–Kier alpha value is -0.920. The molecule has 7 heteroatoms. The molecule has 1 atom stereocenters. The van der Waals surface area contributed by atoms with Crippen LogP contribution in [-0.2, 0) is 16.6 Å². The van der Waals surface area contributed by atoms with E-state index < -0.39 is 16.6 Å². The number of H-pyrrole nitrogens is 1. The second-order valence-electron chi connectivity index (χ2n) is 6.19. The molecule has 1 aliphatic rings. The Balaban J connectivity index is 2.29. The predicted molar refractivity (Wildman–Crippen MR) is 75.6 cm³/mol. The summed E-state index contributed by atoms with van der Waals surface area (Å²) >= 11 is 0. The highest BCUT2D eigenvalue weighted by Crippen LogP contribution is 2.36. The molecule has 20 heavy (non-hydrogen) atoms. The van der Waals surface area contributed by atoms with Gasteiger partial charge in [0.2, 0.25) is 10.0 Å². The maximum absolute atomic E-state index is 12.6. The average Bonchev–Trinajstić information content (AvgIpc) is 2.73. The lowest BCUT2D eigenvalue weighted by Crippen LogP contribution is -2.46. The number of nitrogens with one attached hydrogen (secondary N) is 2. The quantitative estimate of drug-likeness (QED) is 0.784. The minimum Gasteiger partial charge on any atom is -0.390 e. The van der Waals surface area contributed by atoms with E-state index in [0.29, 0.717) is 5.69 Å². The van der Waals surface area contributed by atoms with Crippen molar-refractivity contribution in [2.24, 2.45) is 5.41 Å². The van der Waals surface area contributed by atoms with E-state index in [4.69, 9.17) is 0 Å². The molecule has 0 saturated heterocycles. The van der Waals surface area contributed by atoms with Gasteiger partial charge in [0.1, 0.15) is 10.6 Å². The van der Waals surface area contributed by atoms with Gasteiger partial charge < -0.3 is 5.11 Å². The standard InChI is InChI=1S/C13H23N3O3S/c1-9-12(10(8-17)15-14-9)20(18,19)16-11-6-4-5-7-13(11,2)3/h11,16-17H,4-8H2,1-3H3,(H,14,15). The third-order valence-electron chi connectivity index (χ3n) is 4.18. The normalized spacial score (nSPS) is 22.9. The van der Waals surface area contributed by atoms with Gasteiger partial charge >= 0.3 is 0 Å². The molecule has 1 fully saturated rings. The fraction of sp³-hybridized carbons (Fsp3) is 0.769. The van der Waals surface area contributed by atoms with E-state index in [9.17, 15) is 13.5 Å². The molecule has 0 aliphatic heterocycles. The largest absolute Gasteiger partial charge is 0.390 e. The molecule has 1 saturated carbocycles. The van der Waals surface area contributed by atoms with Crippen LogP contribution in [0.4, 0.5) is 0 Å². The van der Waals surface area contributed by atoms with E-state index in [2.05, 4.69) is 28.8 Å². The minimum atomic E-state index is -3.66. The fourth-order valence-corrected chi connectivity index (χ4v) is 4.69. The van der Waals surface area contributed by atoms with Gasteiger partial charge in [0.05, 0.1) is 12.3 Å². The molecule has 0 aromatic carbocycles. The van der Waals surface area contributed by atoms with Crippen molar-refractivity contribution in [2.45, 2.75) is 64.0 Å². The molecular formula is C13H23N3O3S. The van der Waals surface area contributed by atoms with Crippen LogP contribution >= 0.6 is 0 Å². The zero-order valence-electron chi connectivity index (χ0n) is 12.2. The molecule has 1 unspecified atom stereocenters. The number of hydrogen-bond donors (Lipinski definition) is 3. The Bertz CT molecular complexity index is 578. The highest BCUT2D eigenvalue weighted by molar-refractivity contribution is 7.89. The van der Waals surface area contributed by atoms with Gasteiger partial charge in [-0.2, -0.15) is 5.10 Å². The van der Waals surface area contributed by atoms with Crippen molar-refractivity contribution < 1.29 is 13.5 Å². The summed E-state index contributed by atoms with van der Waals surface area (Å²) in [4.78, 5) is 0.0846. The van der Waals surface area contributed by atoms with Crippen molar-refractivity contribution in [3.05, 3.63) is 11.4 Å². The summed E-state index contributed by atoms with van der Waals surface area (Å²) in [7, 11) is -3.66. The van der Waals surface area contributed by atoms with E-state index >= 15 is 0 Å². The van der Waals surface area contributed by atoms with E-state index in [1.54, 1.807) is 6.92 Å². The lowest BCUT2D eigenvalue weighted by Gasteiger charge is -2.38. The van der Waals surface area contributed by atoms with Crippen LogP contribution < -0.4 is 4.72 Å². The van der Waals surface area contributed by atoms with Gasteiger partial charge in [0, 0.05) is 6.04 Å². The molecule has 6 nitrogen and oxygen atoms in total. The van der Waals surface area contributed by atoms with Crippen LogP contribution in [0.25, 0.3) is 0 Å². The van der Waals surface area contributed by atoms with Crippen LogP contribution in [0.3, 0.4) is 0 Å². The van der Waals surface area contributed by atoms with Gasteiger partial charge in [-0.05, 0) is 25.2 Å². The minimum absolute atomic E-state index is 0.0532. The molecule has 1 heterocycles. The number of hydrogen-bond acceptors (Lipinski definition) is 4. The molecule has 0 radical (unpaired) electrons. The Kier molecular flexibility index (Phi) is 4.22. The maximum atomic E-state index is 12.6. The first-order valence-corrected chi connectivity index (χ1v) is 8.43. The van der Waals surface area contributed by atoms with Crippen molar-refractivity contribution in [1.82, 2.24) is 14.9 Å². The van der Waals surface area contributed by atoms with Crippen LogP contribution in [-0.4, -0.2) is 29.8 Å². The van der Waals surface area contributed by atoms with Crippen molar-refractivity contribution >= 4 is 10.0 Å². The van der Waals surface area contributed by atoms with Gasteiger partial charge in [-0.15, -0.1) is 0 Å². The number of aromatic amines is 1. The topological polar surface area (TPSA) is 95.1 Å². The van der Waals surface area contributed by atoms with Crippen LogP contribution in [0.1, 0.15) is 50.9 Å². The maximum Gasteiger partial charge on any atom is 0.244 e. The van der Waals surface area contributed by atoms with Crippen LogP contribution in [0.15, 0.2) is 4.90 Å². The number of nitrogens with zero attached hydrogens (tertiary/aromatic N) is 1. The fourth-order valence-electron chi connectivity index (χ4n) is 2.89.